The first-order valence-electron chi connectivity index (χ1n) is 7.85. The molecule has 128 valence electrons. The van der Waals surface area contributed by atoms with Crippen LogP contribution in [-0.4, -0.2) is 76.9 Å². The first-order chi connectivity index (χ1) is 10.9. The third-order valence-corrected chi connectivity index (χ3v) is 6.07. The van der Waals surface area contributed by atoms with Gasteiger partial charge in [-0.3, -0.25) is 4.90 Å². The molecule has 0 spiro atoms. The number of hydrogen-bond donors (Lipinski definition) is 2. The minimum Gasteiger partial charge on any atom is -0.348 e. The number of hydrogen-bond acceptors (Lipinski definition) is 5. The highest BCUT2D eigenvalue weighted by molar-refractivity contribution is 7.91. The number of nitrogens with zero attached hydrogens (tertiary/aromatic N) is 3. The zero-order valence-corrected chi connectivity index (χ0v) is 14.2. The number of aromatic nitrogens is 2. The average molecular weight is 341 g/mol. The van der Waals surface area contributed by atoms with Crippen molar-refractivity contribution in [1.82, 2.24) is 25.1 Å². The second-order valence-corrected chi connectivity index (χ2v) is 8.67. The van der Waals surface area contributed by atoms with Crippen LogP contribution in [0.15, 0.2) is 12.4 Å². The summed E-state index contributed by atoms with van der Waals surface area (Å²) < 4.78 is 24.3. The number of carbonyl (C=O) groups excluding carboxylic acids is 1. The molecule has 2 amide bonds. The lowest BCUT2D eigenvalue weighted by Crippen LogP contribution is -2.62. The number of fused-ring (bicyclic) bond motifs is 1. The fraction of sp³-hybridized carbons (Fsp3) is 0.714. The van der Waals surface area contributed by atoms with Crippen molar-refractivity contribution < 1.29 is 13.2 Å². The van der Waals surface area contributed by atoms with E-state index in [0.717, 1.165) is 5.82 Å². The van der Waals surface area contributed by atoms with Gasteiger partial charge in [-0.05, 0) is 13.8 Å². The van der Waals surface area contributed by atoms with Crippen LogP contribution in [-0.2, 0) is 16.4 Å². The fourth-order valence-corrected chi connectivity index (χ4v) is 5.39. The minimum absolute atomic E-state index is 0.0279. The molecule has 9 heteroatoms. The SMILES string of the molecule is CC(C)NC(=O)N1CCN(Cc2ncc[nH]2)[C@@H]2CS(=O)(=O)C[C@@H]21. The number of urea groups is 1. The molecule has 1 aromatic rings. The lowest BCUT2D eigenvalue weighted by atomic mass is 10.1. The van der Waals surface area contributed by atoms with Crippen molar-refractivity contribution in [2.24, 2.45) is 0 Å². The predicted octanol–water partition coefficient (Wildman–Crippen LogP) is -0.189. The van der Waals surface area contributed by atoms with Crippen molar-refractivity contribution in [2.45, 2.75) is 38.5 Å². The van der Waals surface area contributed by atoms with Crippen LogP contribution in [0.5, 0.6) is 0 Å². The van der Waals surface area contributed by atoms with Gasteiger partial charge in [-0.25, -0.2) is 18.2 Å². The first kappa shape index (κ1) is 16.3. The van der Waals surface area contributed by atoms with Gasteiger partial charge in [0.15, 0.2) is 9.84 Å². The predicted molar refractivity (Wildman–Crippen MR) is 85.6 cm³/mol. The number of imidazole rings is 1. The van der Waals surface area contributed by atoms with Crippen LogP contribution >= 0.6 is 0 Å². The lowest BCUT2D eigenvalue weighted by Gasteiger charge is -2.43. The van der Waals surface area contributed by atoms with E-state index in [4.69, 9.17) is 0 Å². The Labute approximate surface area is 136 Å². The molecule has 8 nitrogen and oxygen atoms in total. The smallest absolute Gasteiger partial charge is 0.317 e. The first-order valence-corrected chi connectivity index (χ1v) is 9.68. The Morgan fingerprint density at radius 3 is 2.78 bits per heavy atom. The Morgan fingerprint density at radius 2 is 2.13 bits per heavy atom. The molecule has 0 radical (unpaired) electrons. The van der Waals surface area contributed by atoms with E-state index in [-0.39, 0.29) is 35.7 Å². The summed E-state index contributed by atoms with van der Waals surface area (Å²) in [7, 11) is -3.13. The molecular formula is C14H23N5O3S. The highest BCUT2D eigenvalue weighted by atomic mass is 32.2. The summed E-state index contributed by atoms with van der Waals surface area (Å²) in [6.45, 7) is 5.53. The van der Waals surface area contributed by atoms with Crippen LogP contribution in [0.1, 0.15) is 19.7 Å². The molecular weight excluding hydrogens is 318 g/mol. The lowest BCUT2D eigenvalue weighted by molar-refractivity contribution is 0.0585. The number of piperazine rings is 1. The highest BCUT2D eigenvalue weighted by Gasteiger charge is 2.48. The van der Waals surface area contributed by atoms with Crippen molar-refractivity contribution in [2.75, 3.05) is 24.6 Å². The standard InChI is InChI=1S/C14H23N5O3S/c1-10(2)17-14(20)19-6-5-18(7-13-15-3-4-16-13)11-8-23(21,22)9-12(11)19/h3-4,10-12H,5-9H2,1-2H3,(H,15,16)(H,17,20)/t11-,12+/m1/s1. The summed E-state index contributed by atoms with van der Waals surface area (Å²) in [5.41, 5.74) is 0. The van der Waals surface area contributed by atoms with Gasteiger partial charge in [0.05, 0.1) is 24.1 Å². The Balaban J connectivity index is 1.78. The van der Waals surface area contributed by atoms with E-state index in [1.165, 1.54) is 0 Å². The normalized spacial score (nSPS) is 27.2. The number of amides is 2. The van der Waals surface area contributed by atoms with Crippen LogP contribution < -0.4 is 5.32 Å². The summed E-state index contributed by atoms with van der Waals surface area (Å²) in [6, 6.07) is -0.607. The topological polar surface area (TPSA) is 98.4 Å². The average Bonchev–Trinajstić information content (AvgIpc) is 3.04. The van der Waals surface area contributed by atoms with Crippen LogP contribution in [0.4, 0.5) is 4.79 Å². The third-order valence-electron chi connectivity index (χ3n) is 4.37. The monoisotopic (exact) mass is 341 g/mol. The Morgan fingerprint density at radius 1 is 1.39 bits per heavy atom. The number of sulfone groups is 1. The molecule has 2 atom stereocenters. The van der Waals surface area contributed by atoms with E-state index in [2.05, 4.69) is 20.2 Å². The maximum Gasteiger partial charge on any atom is 0.317 e. The van der Waals surface area contributed by atoms with Crippen molar-refractivity contribution in [3.05, 3.63) is 18.2 Å². The van der Waals surface area contributed by atoms with Crippen LogP contribution in [0.25, 0.3) is 0 Å². The summed E-state index contributed by atoms with van der Waals surface area (Å²) in [4.78, 5) is 23.4. The van der Waals surface area contributed by atoms with E-state index >= 15 is 0 Å². The van der Waals surface area contributed by atoms with Crippen molar-refractivity contribution in [1.29, 1.82) is 0 Å². The highest BCUT2D eigenvalue weighted by Crippen LogP contribution is 2.27. The van der Waals surface area contributed by atoms with Crippen LogP contribution in [0.3, 0.4) is 0 Å². The van der Waals surface area contributed by atoms with Crippen LogP contribution in [0.2, 0.25) is 0 Å². The maximum atomic E-state index is 12.4. The zero-order chi connectivity index (χ0) is 16.6. The molecule has 2 fully saturated rings. The number of H-pyrrole nitrogens is 1. The van der Waals surface area contributed by atoms with E-state index < -0.39 is 9.84 Å². The Kier molecular flexibility index (Phi) is 4.33. The number of nitrogens with one attached hydrogen (secondary N) is 2. The maximum absolute atomic E-state index is 12.4. The quantitative estimate of drug-likeness (QED) is 0.794. The van der Waals surface area contributed by atoms with Gasteiger partial charge in [0.2, 0.25) is 0 Å². The van der Waals surface area contributed by atoms with Gasteiger partial charge >= 0.3 is 6.03 Å². The Hall–Kier alpha value is -1.61. The Bertz CT molecular complexity index is 658. The van der Waals surface area contributed by atoms with Crippen LogP contribution in [0, 0.1) is 0 Å². The molecule has 0 bridgehead atoms. The van der Waals surface area contributed by atoms with E-state index in [0.29, 0.717) is 19.6 Å². The molecule has 2 aliphatic heterocycles. The molecule has 23 heavy (non-hydrogen) atoms. The molecule has 0 aliphatic carbocycles. The molecule has 0 unspecified atom stereocenters. The summed E-state index contributed by atoms with van der Waals surface area (Å²) in [5, 5.41) is 2.87. The summed E-state index contributed by atoms with van der Waals surface area (Å²) in [5.74, 6) is 0.954. The zero-order valence-electron chi connectivity index (χ0n) is 13.4. The number of carbonyl (C=O) groups is 1. The molecule has 1 aromatic heterocycles. The van der Waals surface area contributed by atoms with Gasteiger partial charge in [0.1, 0.15) is 5.82 Å². The second-order valence-electron chi connectivity index (χ2n) is 6.52. The number of aromatic amines is 1. The van der Waals surface area contributed by atoms with Gasteiger partial charge < -0.3 is 15.2 Å². The van der Waals surface area contributed by atoms with Crippen molar-refractivity contribution >= 4 is 15.9 Å². The van der Waals surface area contributed by atoms with Gasteiger partial charge in [-0.1, -0.05) is 0 Å². The third kappa shape index (κ3) is 3.50. The van der Waals surface area contributed by atoms with E-state index in [1.54, 1.807) is 17.3 Å². The molecule has 2 aliphatic rings. The van der Waals surface area contributed by atoms with Gasteiger partial charge in [0, 0.05) is 37.6 Å². The van der Waals surface area contributed by atoms with Gasteiger partial charge in [0.25, 0.3) is 0 Å². The molecule has 0 aromatic carbocycles. The number of rotatable bonds is 3. The fourth-order valence-electron chi connectivity index (χ4n) is 3.38. The summed E-state index contributed by atoms with van der Waals surface area (Å²) >= 11 is 0. The van der Waals surface area contributed by atoms with Crippen molar-refractivity contribution in [3.8, 4) is 0 Å². The van der Waals surface area contributed by atoms with Crippen molar-refractivity contribution in [3.63, 3.8) is 0 Å². The van der Waals surface area contributed by atoms with Gasteiger partial charge in [-0.2, -0.15) is 0 Å². The summed E-state index contributed by atoms with van der Waals surface area (Å²) in [6.07, 6.45) is 3.44. The second kappa shape index (κ2) is 6.12. The largest absolute Gasteiger partial charge is 0.348 e. The molecule has 3 heterocycles. The van der Waals surface area contributed by atoms with E-state index in [1.807, 2.05) is 13.8 Å². The molecule has 0 saturated carbocycles. The molecule has 3 rings (SSSR count). The molecule has 2 saturated heterocycles. The van der Waals surface area contributed by atoms with Gasteiger partial charge in [-0.15, -0.1) is 0 Å². The van der Waals surface area contributed by atoms with E-state index in [9.17, 15) is 13.2 Å². The molecule has 2 N–H and O–H groups in total. The minimum atomic E-state index is -3.13.